The lowest BCUT2D eigenvalue weighted by atomic mass is 9.98. The van der Waals surface area contributed by atoms with E-state index in [1.54, 1.807) is 26.8 Å². The summed E-state index contributed by atoms with van der Waals surface area (Å²) in [7, 11) is 0. The minimum atomic E-state index is -0.628. The number of halogens is 1. The van der Waals surface area contributed by atoms with Crippen LogP contribution in [0.1, 0.15) is 42.3 Å². The summed E-state index contributed by atoms with van der Waals surface area (Å²) < 4.78 is 8.08. The molecule has 0 fully saturated rings. The molecule has 0 radical (unpaired) electrons. The number of fused-ring (bicyclic) bond motifs is 1. The van der Waals surface area contributed by atoms with Gasteiger partial charge < -0.3 is 4.74 Å². The van der Waals surface area contributed by atoms with Crippen LogP contribution < -0.4 is 0 Å². The fraction of sp³-hybridized carbons (Fsp3) is 0.389. The van der Waals surface area contributed by atoms with Crippen LogP contribution in [0.3, 0.4) is 0 Å². The molecule has 2 aromatic rings. The van der Waals surface area contributed by atoms with Crippen molar-refractivity contribution in [1.29, 1.82) is 0 Å². The number of amides is 2. The number of nitrogens with zero attached hydrogens (tertiary/aromatic N) is 3. The van der Waals surface area contributed by atoms with Crippen molar-refractivity contribution in [3.63, 3.8) is 0 Å². The second-order valence-electron chi connectivity index (χ2n) is 7.08. The quantitative estimate of drug-likeness (QED) is 0.618. The van der Waals surface area contributed by atoms with Crippen LogP contribution in [0.25, 0.3) is 5.69 Å². The number of rotatable bonds is 1. The fourth-order valence-corrected chi connectivity index (χ4v) is 3.05. The van der Waals surface area contributed by atoms with E-state index in [0.29, 0.717) is 18.5 Å². The molecule has 132 valence electrons. The molecule has 0 saturated carbocycles. The lowest BCUT2D eigenvalue weighted by molar-refractivity contribution is 0.0233. The molecule has 1 aromatic carbocycles. The van der Waals surface area contributed by atoms with E-state index in [9.17, 15) is 9.59 Å². The highest BCUT2D eigenvalue weighted by Crippen LogP contribution is 2.24. The number of benzene rings is 1. The Kier molecular flexibility index (Phi) is 4.61. The van der Waals surface area contributed by atoms with Gasteiger partial charge in [0, 0.05) is 23.9 Å². The van der Waals surface area contributed by atoms with E-state index in [0.717, 1.165) is 20.5 Å². The third-order valence-corrected chi connectivity index (χ3v) is 4.95. The molecule has 25 heavy (non-hydrogen) atoms. The fourth-order valence-electron chi connectivity index (χ4n) is 2.68. The average molecular weight is 453 g/mol. The zero-order valence-corrected chi connectivity index (χ0v) is 16.8. The Morgan fingerprint density at radius 2 is 2.04 bits per heavy atom. The van der Waals surface area contributed by atoms with Crippen molar-refractivity contribution >= 4 is 34.6 Å². The van der Waals surface area contributed by atoms with Gasteiger partial charge in [-0.25, -0.2) is 14.4 Å². The summed E-state index contributed by atoms with van der Waals surface area (Å²) in [6.45, 7) is 7.68. The number of hydrogen-bond donors (Lipinski definition) is 0. The number of ether oxygens (including phenoxy) is 1. The molecule has 1 aliphatic heterocycles. The molecule has 1 aromatic heterocycles. The van der Waals surface area contributed by atoms with E-state index in [4.69, 9.17) is 4.74 Å². The lowest BCUT2D eigenvalue weighted by Gasteiger charge is -2.29. The molecule has 0 aliphatic carbocycles. The largest absolute Gasteiger partial charge is 0.443 e. The van der Waals surface area contributed by atoms with Crippen molar-refractivity contribution in [2.24, 2.45) is 0 Å². The number of imide groups is 1. The van der Waals surface area contributed by atoms with Crippen molar-refractivity contribution in [1.82, 2.24) is 14.7 Å². The molecule has 1 aliphatic rings. The summed E-state index contributed by atoms with van der Waals surface area (Å²) in [5, 5.41) is 4.47. The van der Waals surface area contributed by atoms with Crippen molar-refractivity contribution in [3.8, 4) is 5.69 Å². The van der Waals surface area contributed by atoms with E-state index < -0.39 is 11.7 Å². The molecule has 0 saturated heterocycles. The Balaban J connectivity index is 1.87. The van der Waals surface area contributed by atoms with Crippen LogP contribution >= 0.6 is 22.6 Å². The first-order chi connectivity index (χ1) is 11.7. The predicted molar refractivity (Wildman–Crippen MR) is 102 cm³/mol. The number of carbonyl (C=O) groups excluding carboxylic acids is 2. The smallest absolute Gasteiger partial charge is 0.417 e. The summed E-state index contributed by atoms with van der Waals surface area (Å²) in [6.07, 6.45) is 1.97. The molecule has 2 amide bonds. The van der Waals surface area contributed by atoms with E-state index in [1.165, 1.54) is 4.90 Å². The Morgan fingerprint density at radius 3 is 2.64 bits per heavy atom. The summed E-state index contributed by atoms with van der Waals surface area (Å²) in [6, 6.07) is 5.56. The van der Waals surface area contributed by atoms with E-state index in [-0.39, 0.29) is 5.91 Å². The van der Waals surface area contributed by atoms with Gasteiger partial charge in [0.25, 0.3) is 5.91 Å². The Hall–Kier alpha value is -1.90. The van der Waals surface area contributed by atoms with Gasteiger partial charge >= 0.3 is 6.09 Å². The highest BCUT2D eigenvalue weighted by molar-refractivity contribution is 14.1. The molecule has 7 heteroatoms. The summed E-state index contributed by atoms with van der Waals surface area (Å²) in [5.74, 6) is -0.312. The molecule has 0 atom stereocenters. The second-order valence-corrected chi connectivity index (χ2v) is 8.10. The maximum Gasteiger partial charge on any atom is 0.417 e. The zero-order chi connectivity index (χ0) is 18.4. The normalized spacial score (nSPS) is 14.4. The van der Waals surface area contributed by atoms with Crippen molar-refractivity contribution in [2.45, 2.75) is 39.7 Å². The summed E-state index contributed by atoms with van der Waals surface area (Å²) >= 11 is 2.19. The minimum Gasteiger partial charge on any atom is -0.443 e. The molecule has 2 heterocycles. The Labute approximate surface area is 160 Å². The van der Waals surface area contributed by atoms with Gasteiger partial charge in [0.1, 0.15) is 9.30 Å². The molecular formula is C18H20IN3O3. The van der Waals surface area contributed by atoms with Gasteiger partial charge in [-0.05, 0) is 80.5 Å². The first kappa shape index (κ1) is 17.9. The monoisotopic (exact) mass is 453 g/mol. The number of aryl methyl sites for hydroxylation is 1. The number of hydrogen-bond acceptors (Lipinski definition) is 4. The standard InChI is InChI=1S/C18H20IN3O3/c1-11-10-22(20-15(11)19)13-5-6-14-12(9-13)7-8-21(16(14)23)17(24)25-18(2,3)4/h5-6,9-10H,7-8H2,1-4H3. The van der Waals surface area contributed by atoms with Crippen molar-refractivity contribution in [2.75, 3.05) is 6.54 Å². The molecular weight excluding hydrogens is 433 g/mol. The van der Waals surface area contributed by atoms with Gasteiger partial charge in [-0.2, -0.15) is 5.10 Å². The summed E-state index contributed by atoms with van der Waals surface area (Å²) in [4.78, 5) is 26.1. The van der Waals surface area contributed by atoms with Gasteiger partial charge in [-0.1, -0.05) is 0 Å². The highest BCUT2D eigenvalue weighted by atomic mass is 127. The van der Waals surface area contributed by atoms with Gasteiger partial charge in [0.05, 0.1) is 5.69 Å². The van der Waals surface area contributed by atoms with Crippen LogP contribution in [0.15, 0.2) is 24.4 Å². The van der Waals surface area contributed by atoms with Crippen LogP contribution in [0.4, 0.5) is 4.79 Å². The first-order valence-electron chi connectivity index (χ1n) is 8.05. The minimum absolute atomic E-state index is 0.312. The lowest BCUT2D eigenvalue weighted by Crippen LogP contribution is -2.44. The molecule has 0 N–H and O–H groups in total. The molecule has 0 bridgehead atoms. The topological polar surface area (TPSA) is 64.4 Å². The van der Waals surface area contributed by atoms with E-state index >= 15 is 0 Å². The van der Waals surface area contributed by atoms with Crippen molar-refractivity contribution < 1.29 is 14.3 Å². The van der Waals surface area contributed by atoms with Crippen LogP contribution in [0, 0.1) is 10.6 Å². The second kappa shape index (κ2) is 6.44. The van der Waals surface area contributed by atoms with Gasteiger partial charge in [0.2, 0.25) is 0 Å². The average Bonchev–Trinajstić information content (AvgIpc) is 2.85. The maximum absolute atomic E-state index is 12.7. The van der Waals surface area contributed by atoms with E-state index in [1.807, 2.05) is 29.9 Å². The van der Waals surface area contributed by atoms with Crippen LogP contribution in [-0.4, -0.2) is 38.8 Å². The molecule has 6 nitrogen and oxygen atoms in total. The van der Waals surface area contributed by atoms with E-state index in [2.05, 4.69) is 27.7 Å². The highest BCUT2D eigenvalue weighted by Gasteiger charge is 2.32. The molecule has 0 unspecified atom stereocenters. The van der Waals surface area contributed by atoms with Gasteiger partial charge in [0.15, 0.2) is 0 Å². The van der Waals surface area contributed by atoms with Crippen LogP contribution in [-0.2, 0) is 11.2 Å². The third-order valence-electron chi connectivity index (χ3n) is 3.88. The van der Waals surface area contributed by atoms with Crippen LogP contribution in [0.2, 0.25) is 0 Å². The molecule has 0 spiro atoms. The zero-order valence-electron chi connectivity index (χ0n) is 14.7. The maximum atomic E-state index is 12.7. The van der Waals surface area contributed by atoms with Crippen LogP contribution in [0.5, 0.6) is 0 Å². The summed E-state index contributed by atoms with van der Waals surface area (Å²) in [5.41, 5.74) is 2.84. The Bertz CT molecular complexity index is 832. The van der Waals surface area contributed by atoms with Gasteiger partial charge in [-0.3, -0.25) is 4.79 Å². The first-order valence-corrected chi connectivity index (χ1v) is 9.13. The van der Waals surface area contributed by atoms with Crippen molar-refractivity contribution in [3.05, 3.63) is 44.8 Å². The third kappa shape index (κ3) is 3.70. The van der Waals surface area contributed by atoms with Gasteiger partial charge in [-0.15, -0.1) is 0 Å². The number of aromatic nitrogens is 2. The predicted octanol–water partition coefficient (Wildman–Crippen LogP) is 3.72. The molecule has 3 rings (SSSR count). The Morgan fingerprint density at radius 1 is 1.32 bits per heavy atom. The number of carbonyl (C=O) groups is 2. The SMILES string of the molecule is Cc1cn(-c2ccc3c(c2)CCN(C(=O)OC(C)(C)C)C3=O)nc1I.